The summed E-state index contributed by atoms with van der Waals surface area (Å²) in [5.41, 5.74) is 1.70. The number of aryl methyl sites for hydroxylation is 1. The number of hydrogen-bond donors (Lipinski definition) is 1. The molecule has 1 aliphatic heterocycles. The lowest BCUT2D eigenvalue weighted by Crippen LogP contribution is -2.35. The molecule has 1 saturated heterocycles. The lowest BCUT2D eigenvalue weighted by molar-refractivity contribution is 0.0755. The van der Waals surface area contributed by atoms with Crippen molar-refractivity contribution >= 4 is 17.2 Å². The number of amides is 1. The van der Waals surface area contributed by atoms with Crippen LogP contribution in [0.4, 0.5) is 0 Å². The van der Waals surface area contributed by atoms with Gasteiger partial charge in [-0.15, -0.1) is 11.3 Å². The number of aromatic amines is 1. The third-order valence-electron chi connectivity index (χ3n) is 3.66. The quantitative estimate of drug-likeness (QED) is 0.934. The number of thiazole rings is 1. The van der Waals surface area contributed by atoms with Crippen LogP contribution in [0.5, 0.6) is 0 Å². The van der Waals surface area contributed by atoms with Gasteiger partial charge in [-0.1, -0.05) is 0 Å². The van der Waals surface area contributed by atoms with E-state index in [4.69, 9.17) is 0 Å². The van der Waals surface area contributed by atoms with E-state index in [1.807, 2.05) is 11.8 Å². The van der Waals surface area contributed by atoms with Crippen LogP contribution in [-0.4, -0.2) is 57.1 Å². The van der Waals surface area contributed by atoms with Gasteiger partial charge in [0.15, 0.2) is 0 Å². The number of carbonyl (C=O) groups excluding carboxylic acids is 1. The first-order valence-electron chi connectivity index (χ1n) is 7.14. The van der Waals surface area contributed by atoms with Gasteiger partial charge < -0.3 is 4.90 Å². The Hall–Kier alpha value is -1.73. The molecule has 6 nitrogen and oxygen atoms in total. The van der Waals surface area contributed by atoms with Crippen LogP contribution < -0.4 is 0 Å². The highest BCUT2D eigenvalue weighted by Crippen LogP contribution is 2.13. The molecular formula is C14H19N5OS. The molecule has 2 aromatic rings. The monoisotopic (exact) mass is 305 g/mol. The van der Waals surface area contributed by atoms with Crippen molar-refractivity contribution < 1.29 is 4.79 Å². The molecule has 21 heavy (non-hydrogen) atoms. The third kappa shape index (κ3) is 3.48. The molecule has 1 fully saturated rings. The van der Waals surface area contributed by atoms with E-state index >= 15 is 0 Å². The highest BCUT2D eigenvalue weighted by atomic mass is 32.1. The summed E-state index contributed by atoms with van der Waals surface area (Å²) in [5, 5.41) is 9.82. The SMILES string of the molecule is Cc1nc(CN2CCCN(C(=O)c3ccn[nH]3)CC2)cs1. The number of carbonyl (C=O) groups is 1. The summed E-state index contributed by atoms with van der Waals surface area (Å²) in [6.45, 7) is 6.34. The van der Waals surface area contributed by atoms with Crippen LogP contribution in [0.3, 0.4) is 0 Å². The lowest BCUT2D eigenvalue weighted by atomic mass is 10.3. The molecule has 0 spiro atoms. The molecule has 0 unspecified atom stereocenters. The molecule has 7 heteroatoms. The van der Waals surface area contributed by atoms with Crippen molar-refractivity contribution in [3.63, 3.8) is 0 Å². The van der Waals surface area contributed by atoms with Gasteiger partial charge in [-0.3, -0.25) is 14.8 Å². The van der Waals surface area contributed by atoms with Crippen molar-refractivity contribution in [1.29, 1.82) is 0 Å². The molecular weight excluding hydrogens is 286 g/mol. The molecule has 3 rings (SSSR count). The topological polar surface area (TPSA) is 65.1 Å². The number of aromatic nitrogens is 3. The van der Waals surface area contributed by atoms with Crippen molar-refractivity contribution in [3.05, 3.63) is 34.0 Å². The van der Waals surface area contributed by atoms with E-state index < -0.39 is 0 Å². The van der Waals surface area contributed by atoms with Gasteiger partial charge in [-0.25, -0.2) is 4.98 Å². The Bertz CT molecular complexity index is 594. The van der Waals surface area contributed by atoms with Gasteiger partial charge >= 0.3 is 0 Å². The van der Waals surface area contributed by atoms with Gasteiger partial charge in [0.1, 0.15) is 5.69 Å². The van der Waals surface area contributed by atoms with Crippen LogP contribution >= 0.6 is 11.3 Å². The zero-order valence-electron chi connectivity index (χ0n) is 12.1. The van der Waals surface area contributed by atoms with Crippen molar-refractivity contribution in [2.75, 3.05) is 26.2 Å². The molecule has 0 bridgehead atoms. The summed E-state index contributed by atoms with van der Waals surface area (Å²) in [4.78, 5) is 21.1. The normalized spacial score (nSPS) is 16.9. The average molecular weight is 305 g/mol. The number of nitrogens with one attached hydrogen (secondary N) is 1. The second kappa shape index (κ2) is 6.36. The molecule has 0 saturated carbocycles. The van der Waals surface area contributed by atoms with Crippen LogP contribution in [0.15, 0.2) is 17.6 Å². The molecule has 1 amide bonds. The summed E-state index contributed by atoms with van der Waals surface area (Å²) < 4.78 is 0. The Morgan fingerprint density at radius 2 is 2.29 bits per heavy atom. The maximum atomic E-state index is 12.3. The molecule has 1 aliphatic rings. The number of nitrogens with zero attached hydrogens (tertiary/aromatic N) is 4. The predicted octanol–water partition coefficient (Wildman–Crippen LogP) is 1.52. The first-order chi connectivity index (χ1) is 10.2. The van der Waals surface area contributed by atoms with E-state index in [1.165, 1.54) is 0 Å². The van der Waals surface area contributed by atoms with Crippen LogP contribution in [0, 0.1) is 6.92 Å². The van der Waals surface area contributed by atoms with Crippen LogP contribution in [-0.2, 0) is 6.54 Å². The van der Waals surface area contributed by atoms with Crippen LogP contribution in [0.25, 0.3) is 0 Å². The van der Waals surface area contributed by atoms with E-state index in [1.54, 1.807) is 23.6 Å². The fourth-order valence-corrected chi connectivity index (χ4v) is 3.19. The van der Waals surface area contributed by atoms with E-state index in [0.717, 1.165) is 49.8 Å². The maximum Gasteiger partial charge on any atom is 0.271 e. The maximum absolute atomic E-state index is 12.3. The second-order valence-corrected chi connectivity index (χ2v) is 6.31. The van der Waals surface area contributed by atoms with E-state index in [-0.39, 0.29) is 5.91 Å². The molecule has 0 aliphatic carbocycles. The molecule has 3 heterocycles. The molecule has 112 valence electrons. The first-order valence-corrected chi connectivity index (χ1v) is 8.02. The summed E-state index contributed by atoms with van der Waals surface area (Å²) in [6, 6.07) is 1.73. The molecule has 2 aromatic heterocycles. The van der Waals surface area contributed by atoms with Gasteiger partial charge in [0, 0.05) is 44.3 Å². The standard InChI is InChI=1S/C14H19N5OS/c1-11-16-12(10-21-11)9-18-5-2-6-19(8-7-18)14(20)13-3-4-15-17-13/h3-4,10H,2,5-9H2,1H3,(H,15,17). The third-order valence-corrected chi connectivity index (χ3v) is 4.48. The zero-order chi connectivity index (χ0) is 14.7. The van der Waals surface area contributed by atoms with Crippen LogP contribution in [0.1, 0.15) is 27.6 Å². The largest absolute Gasteiger partial charge is 0.336 e. The van der Waals surface area contributed by atoms with Crippen LogP contribution in [0.2, 0.25) is 0 Å². The number of hydrogen-bond acceptors (Lipinski definition) is 5. The molecule has 0 aromatic carbocycles. The number of rotatable bonds is 3. The summed E-state index contributed by atoms with van der Waals surface area (Å²) >= 11 is 1.69. The minimum atomic E-state index is 0.0406. The predicted molar refractivity (Wildman–Crippen MR) is 81.2 cm³/mol. The highest BCUT2D eigenvalue weighted by molar-refractivity contribution is 7.09. The van der Waals surface area contributed by atoms with E-state index in [2.05, 4.69) is 25.5 Å². The molecule has 0 radical (unpaired) electrons. The highest BCUT2D eigenvalue weighted by Gasteiger charge is 2.21. The Kier molecular flexibility index (Phi) is 4.31. The van der Waals surface area contributed by atoms with Gasteiger partial charge in [-0.2, -0.15) is 5.10 Å². The lowest BCUT2D eigenvalue weighted by Gasteiger charge is -2.21. The van der Waals surface area contributed by atoms with Crippen molar-refractivity contribution in [2.45, 2.75) is 19.9 Å². The van der Waals surface area contributed by atoms with Gasteiger partial charge in [-0.05, 0) is 19.4 Å². The van der Waals surface area contributed by atoms with Gasteiger partial charge in [0.2, 0.25) is 0 Å². The van der Waals surface area contributed by atoms with E-state index in [9.17, 15) is 4.79 Å². The fourth-order valence-electron chi connectivity index (χ4n) is 2.59. The Labute approximate surface area is 127 Å². The Morgan fingerprint density at radius 3 is 3.00 bits per heavy atom. The number of H-pyrrole nitrogens is 1. The zero-order valence-corrected chi connectivity index (χ0v) is 12.9. The molecule has 0 atom stereocenters. The minimum Gasteiger partial charge on any atom is -0.336 e. The average Bonchev–Trinajstić information content (AvgIpc) is 3.08. The minimum absolute atomic E-state index is 0.0406. The fraction of sp³-hybridized carbons (Fsp3) is 0.500. The van der Waals surface area contributed by atoms with Crippen molar-refractivity contribution in [1.82, 2.24) is 25.0 Å². The van der Waals surface area contributed by atoms with Crippen molar-refractivity contribution in [2.24, 2.45) is 0 Å². The summed E-state index contributed by atoms with van der Waals surface area (Å²) in [5.74, 6) is 0.0406. The summed E-state index contributed by atoms with van der Waals surface area (Å²) in [6.07, 6.45) is 2.60. The Balaban J connectivity index is 1.58. The first kappa shape index (κ1) is 14.2. The second-order valence-electron chi connectivity index (χ2n) is 5.25. The molecule has 1 N–H and O–H groups in total. The van der Waals surface area contributed by atoms with Crippen molar-refractivity contribution in [3.8, 4) is 0 Å². The smallest absolute Gasteiger partial charge is 0.271 e. The Morgan fingerprint density at radius 1 is 1.38 bits per heavy atom. The van der Waals surface area contributed by atoms with Gasteiger partial charge in [0.25, 0.3) is 5.91 Å². The van der Waals surface area contributed by atoms with E-state index in [0.29, 0.717) is 5.69 Å². The summed E-state index contributed by atoms with van der Waals surface area (Å²) in [7, 11) is 0. The van der Waals surface area contributed by atoms with Gasteiger partial charge in [0.05, 0.1) is 10.7 Å².